The Hall–Kier alpha value is -2.63. The molecule has 0 aliphatic rings. The minimum atomic E-state index is -0.454. The Bertz CT molecular complexity index is 608. The first-order valence-corrected chi connectivity index (χ1v) is 6.63. The standard InChI is InChI=1S/C15H16N2O4/c1-2-21-15(19)12-5-3-4-6-13(12)17-14(18)8-7-11-9-20-10-16-11/h3-6,9-10H,2,7-8H2,1H3,(H,17,18). The van der Waals surface area contributed by atoms with Crippen molar-refractivity contribution in [3.63, 3.8) is 0 Å². The molecule has 1 aromatic heterocycles. The Morgan fingerprint density at radius 3 is 2.86 bits per heavy atom. The van der Waals surface area contributed by atoms with Crippen molar-refractivity contribution in [1.29, 1.82) is 0 Å². The molecule has 6 heteroatoms. The number of carbonyl (C=O) groups is 2. The van der Waals surface area contributed by atoms with Crippen LogP contribution in [0.4, 0.5) is 5.69 Å². The van der Waals surface area contributed by atoms with Crippen LogP contribution in [0.3, 0.4) is 0 Å². The number of ether oxygens (including phenoxy) is 1. The van der Waals surface area contributed by atoms with Gasteiger partial charge in [-0.3, -0.25) is 4.79 Å². The fourth-order valence-electron chi connectivity index (χ4n) is 1.79. The number of amides is 1. The highest BCUT2D eigenvalue weighted by atomic mass is 16.5. The average Bonchev–Trinajstić information content (AvgIpc) is 2.99. The highest BCUT2D eigenvalue weighted by Crippen LogP contribution is 2.16. The van der Waals surface area contributed by atoms with Crippen molar-refractivity contribution in [2.24, 2.45) is 0 Å². The third-order valence-electron chi connectivity index (χ3n) is 2.79. The first-order chi connectivity index (χ1) is 10.2. The van der Waals surface area contributed by atoms with Crippen LogP contribution in [0.1, 0.15) is 29.4 Å². The van der Waals surface area contributed by atoms with Crippen LogP contribution in [0.25, 0.3) is 0 Å². The molecule has 0 bridgehead atoms. The van der Waals surface area contributed by atoms with E-state index in [2.05, 4.69) is 10.3 Å². The van der Waals surface area contributed by atoms with Gasteiger partial charge in [-0.25, -0.2) is 9.78 Å². The largest absolute Gasteiger partial charge is 0.462 e. The number of anilines is 1. The second-order valence-corrected chi connectivity index (χ2v) is 4.29. The van der Waals surface area contributed by atoms with Gasteiger partial charge in [-0.15, -0.1) is 0 Å². The molecule has 0 atom stereocenters. The summed E-state index contributed by atoms with van der Waals surface area (Å²) in [6.07, 6.45) is 3.55. The summed E-state index contributed by atoms with van der Waals surface area (Å²) < 4.78 is 9.79. The van der Waals surface area contributed by atoms with Gasteiger partial charge in [-0.1, -0.05) is 12.1 Å². The Morgan fingerprint density at radius 1 is 1.33 bits per heavy atom. The van der Waals surface area contributed by atoms with E-state index in [0.717, 1.165) is 0 Å². The quantitative estimate of drug-likeness (QED) is 0.825. The summed E-state index contributed by atoms with van der Waals surface area (Å²) in [6, 6.07) is 6.75. The summed E-state index contributed by atoms with van der Waals surface area (Å²) in [5.41, 5.74) is 1.50. The predicted octanol–water partition coefficient (Wildman–Crippen LogP) is 2.42. The highest BCUT2D eigenvalue weighted by Gasteiger charge is 2.14. The first kappa shape index (κ1) is 14.8. The number of hydrogen-bond donors (Lipinski definition) is 1. The zero-order valence-corrected chi connectivity index (χ0v) is 11.7. The molecule has 1 N–H and O–H groups in total. The normalized spacial score (nSPS) is 10.1. The molecule has 2 rings (SSSR count). The van der Waals surface area contributed by atoms with Crippen LogP contribution in [0.15, 0.2) is 41.3 Å². The van der Waals surface area contributed by atoms with Crippen molar-refractivity contribution in [2.45, 2.75) is 19.8 Å². The van der Waals surface area contributed by atoms with Crippen LogP contribution >= 0.6 is 0 Å². The minimum absolute atomic E-state index is 0.199. The highest BCUT2D eigenvalue weighted by molar-refractivity contribution is 6.01. The SMILES string of the molecule is CCOC(=O)c1ccccc1NC(=O)CCc1cocn1. The number of hydrogen-bond acceptors (Lipinski definition) is 5. The molecule has 0 radical (unpaired) electrons. The molecule has 0 saturated carbocycles. The molecule has 21 heavy (non-hydrogen) atoms. The van der Waals surface area contributed by atoms with Crippen molar-refractivity contribution in [3.8, 4) is 0 Å². The number of oxazole rings is 1. The maximum atomic E-state index is 11.9. The van der Waals surface area contributed by atoms with Gasteiger partial charge in [-0.2, -0.15) is 0 Å². The second-order valence-electron chi connectivity index (χ2n) is 4.29. The molecule has 0 saturated heterocycles. The van der Waals surface area contributed by atoms with E-state index >= 15 is 0 Å². The zero-order chi connectivity index (χ0) is 15.1. The van der Waals surface area contributed by atoms with E-state index in [4.69, 9.17) is 9.15 Å². The molecule has 6 nitrogen and oxygen atoms in total. The van der Waals surface area contributed by atoms with E-state index in [1.165, 1.54) is 12.7 Å². The number of carbonyl (C=O) groups excluding carboxylic acids is 2. The fourth-order valence-corrected chi connectivity index (χ4v) is 1.79. The Balaban J connectivity index is 1.98. The van der Waals surface area contributed by atoms with Gasteiger partial charge in [0.15, 0.2) is 6.39 Å². The lowest BCUT2D eigenvalue weighted by Crippen LogP contribution is -2.16. The zero-order valence-electron chi connectivity index (χ0n) is 11.7. The van der Waals surface area contributed by atoms with Crippen molar-refractivity contribution in [1.82, 2.24) is 4.98 Å². The Labute approximate surface area is 122 Å². The number of para-hydroxylation sites is 1. The monoisotopic (exact) mass is 288 g/mol. The smallest absolute Gasteiger partial charge is 0.340 e. The Kier molecular flexibility index (Phi) is 5.09. The van der Waals surface area contributed by atoms with Gasteiger partial charge in [-0.05, 0) is 19.1 Å². The van der Waals surface area contributed by atoms with E-state index in [1.54, 1.807) is 31.2 Å². The van der Waals surface area contributed by atoms with Crippen LogP contribution < -0.4 is 5.32 Å². The molecule has 110 valence electrons. The maximum Gasteiger partial charge on any atom is 0.340 e. The van der Waals surface area contributed by atoms with Crippen molar-refractivity contribution in [2.75, 3.05) is 11.9 Å². The van der Waals surface area contributed by atoms with Gasteiger partial charge < -0.3 is 14.5 Å². The minimum Gasteiger partial charge on any atom is -0.462 e. The number of nitrogens with zero attached hydrogens (tertiary/aromatic N) is 1. The van der Waals surface area contributed by atoms with E-state index in [1.807, 2.05) is 0 Å². The van der Waals surface area contributed by atoms with Crippen LogP contribution in [0, 0.1) is 0 Å². The molecule has 1 aromatic carbocycles. The van der Waals surface area contributed by atoms with Gasteiger partial charge in [0, 0.05) is 12.8 Å². The van der Waals surface area contributed by atoms with Crippen LogP contribution in [0.5, 0.6) is 0 Å². The van der Waals surface area contributed by atoms with E-state index in [9.17, 15) is 9.59 Å². The molecule has 0 fully saturated rings. The molecule has 0 spiro atoms. The second kappa shape index (κ2) is 7.23. The van der Waals surface area contributed by atoms with E-state index in [0.29, 0.717) is 23.4 Å². The molecule has 1 heterocycles. The topological polar surface area (TPSA) is 81.4 Å². The molecule has 1 amide bonds. The molecular formula is C15H16N2O4. The molecule has 0 aliphatic heterocycles. The predicted molar refractivity (Wildman–Crippen MR) is 75.9 cm³/mol. The van der Waals surface area contributed by atoms with Crippen molar-refractivity contribution >= 4 is 17.6 Å². The number of rotatable bonds is 6. The van der Waals surface area contributed by atoms with Crippen LogP contribution in [-0.2, 0) is 16.0 Å². The number of aryl methyl sites for hydroxylation is 1. The van der Waals surface area contributed by atoms with Gasteiger partial charge >= 0.3 is 5.97 Å². The number of nitrogens with one attached hydrogen (secondary N) is 1. The van der Waals surface area contributed by atoms with E-state index in [-0.39, 0.29) is 18.9 Å². The molecule has 0 aliphatic carbocycles. The van der Waals surface area contributed by atoms with Gasteiger partial charge in [0.2, 0.25) is 5.91 Å². The van der Waals surface area contributed by atoms with Crippen LogP contribution in [-0.4, -0.2) is 23.5 Å². The van der Waals surface area contributed by atoms with Crippen molar-refractivity contribution in [3.05, 3.63) is 48.2 Å². The third-order valence-corrected chi connectivity index (χ3v) is 2.79. The average molecular weight is 288 g/mol. The van der Waals surface area contributed by atoms with Gasteiger partial charge in [0.1, 0.15) is 6.26 Å². The lowest BCUT2D eigenvalue weighted by molar-refractivity contribution is -0.116. The summed E-state index contributed by atoms with van der Waals surface area (Å²) >= 11 is 0. The summed E-state index contributed by atoms with van der Waals surface area (Å²) in [4.78, 5) is 27.7. The van der Waals surface area contributed by atoms with Gasteiger partial charge in [0.05, 0.1) is 23.6 Å². The fraction of sp³-hybridized carbons (Fsp3) is 0.267. The summed E-state index contributed by atoms with van der Waals surface area (Å²) in [5.74, 6) is -0.653. The van der Waals surface area contributed by atoms with Gasteiger partial charge in [0.25, 0.3) is 0 Å². The lowest BCUT2D eigenvalue weighted by Gasteiger charge is -2.09. The lowest BCUT2D eigenvalue weighted by atomic mass is 10.1. The Morgan fingerprint density at radius 2 is 2.14 bits per heavy atom. The number of aromatic nitrogens is 1. The maximum absolute atomic E-state index is 11.9. The summed E-state index contributed by atoms with van der Waals surface area (Å²) in [5, 5.41) is 2.71. The molecule has 0 unspecified atom stereocenters. The third kappa shape index (κ3) is 4.17. The first-order valence-electron chi connectivity index (χ1n) is 6.63. The van der Waals surface area contributed by atoms with Crippen LogP contribution in [0.2, 0.25) is 0 Å². The number of benzene rings is 1. The number of esters is 1. The molecule has 2 aromatic rings. The van der Waals surface area contributed by atoms with E-state index < -0.39 is 5.97 Å². The summed E-state index contributed by atoms with van der Waals surface area (Å²) in [6.45, 7) is 2.02. The summed E-state index contributed by atoms with van der Waals surface area (Å²) in [7, 11) is 0. The molecular weight excluding hydrogens is 272 g/mol. The van der Waals surface area contributed by atoms with Crippen molar-refractivity contribution < 1.29 is 18.7 Å².